The van der Waals surface area contributed by atoms with Gasteiger partial charge < -0.3 is 14.9 Å². The summed E-state index contributed by atoms with van der Waals surface area (Å²) in [5, 5.41) is 14.3. The summed E-state index contributed by atoms with van der Waals surface area (Å²) in [6, 6.07) is 0.174. The number of aryl methyl sites for hydroxylation is 1. The highest BCUT2D eigenvalue weighted by Gasteiger charge is 2.27. The van der Waals surface area contributed by atoms with Gasteiger partial charge in [0.05, 0.1) is 30.1 Å². The lowest BCUT2D eigenvalue weighted by Gasteiger charge is -2.23. The molecule has 2 heterocycles. The van der Waals surface area contributed by atoms with Crippen molar-refractivity contribution in [3.8, 4) is 0 Å². The second-order valence-corrected chi connectivity index (χ2v) is 3.06. The number of nitro groups is 1. The number of ether oxygens (including phenoxy) is 1. The van der Waals surface area contributed by atoms with E-state index in [1.54, 1.807) is 17.8 Å². The van der Waals surface area contributed by atoms with E-state index in [0.717, 1.165) is 0 Å². The molecule has 0 saturated carbocycles. The molecule has 13 heavy (non-hydrogen) atoms. The molecule has 70 valence electrons. The first-order valence-corrected chi connectivity index (χ1v) is 3.96. The SMILES string of the molecule is Cc1cn(C2COC2)nc1[N+](=O)[O-]. The van der Waals surface area contributed by atoms with Gasteiger partial charge in [0, 0.05) is 0 Å². The largest absolute Gasteiger partial charge is 0.392 e. The maximum Gasteiger partial charge on any atom is 0.392 e. The van der Waals surface area contributed by atoms with Crippen molar-refractivity contribution < 1.29 is 9.66 Å². The topological polar surface area (TPSA) is 70.2 Å². The average Bonchev–Trinajstić information content (AvgIpc) is 2.27. The minimum absolute atomic E-state index is 0.0631. The number of aromatic nitrogens is 2. The Bertz CT molecular complexity index is 343. The van der Waals surface area contributed by atoms with Crippen LogP contribution in [0.2, 0.25) is 0 Å². The molecule has 1 aromatic heterocycles. The van der Waals surface area contributed by atoms with E-state index in [4.69, 9.17) is 4.74 Å². The summed E-state index contributed by atoms with van der Waals surface area (Å²) >= 11 is 0. The number of hydrogen-bond donors (Lipinski definition) is 0. The molecule has 1 saturated heterocycles. The predicted octanol–water partition coefficient (Wildman–Crippen LogP) is 0.671. The van der Waals surface area contributed by atoms with Gasteiger partial charge in [-0.2, -0.15) is 4.68 Å². The molecular formula is C7H9N3O3. The lowest BCUT2D eigenvalue weighted by atomic mass is 10.3. The average molecular weight is 183 g/mol. The highest BCUT2D eigenvalue weighted by Crippen LogP contribution is 2.21. The second-order valence-electron chi connectivity index (χ2n) is 3.06. The van der Waals surface area contributed by atoms with E-state index in [2.05, 4.69) is 5.10 Å². The molecule has 0 radical (unpaired) electrons. The van der Waals surface area contributed by atoms with Gasteiger partial charge in [-0.15, -0.1) is 0 Å². The minimum atomic E-state index is -0.467. The van der Waals surface area contributed by atoms with Crippen LogP contribution < -0.4 is 0 Å². The Labute approximate surface area is 74.3 Å². The van der Waals surface area contributed by atoms with E-state index in [9.17, 15) is 10.1 Å². The normalized spacial score (nSPS) is 17.0. The zero-order valence-electron chi connectivity index (χ0n) is 7.14. The maximum atomic E-state index is 10.5. The Morgan fingerprint density at radius 2 is 2.46 bits per heavy atom. The third kappa shape index (κ3) is 1.29. The minimum Gasteiger partial charge on any atom is -0.377 e. The summed E-state index contributed by atoms with van der Waals surface area (Å²) in [6.45, 7) is 2.87. The van der Waals surface area contributed by atoms with E-state index in [1.165, 1.54) is 0 Å². The molecule has 1 aromatic rings. The van der Waals surface area contributed by atoms with Crippen LogP contribution in [-0.2, 0) is 4.74 Å². The molecule has 6 heteroatoms. The molecule has 0 bridgehead atoms. The Morgan fingerprint density at radius 1 is 1.77 bits per heavy atom. The Balaban J connectivity index is 2.28. The van der Waals surface area contributed by atoms with Gasteiger partial charge in [-0.25, -0.2) is 0 Å². The van der Waals surface area contributed by atoms with Crippen LogP contribution in [0.1, 0.15) is 11.6 Å². The Morgan fingerprint density at radius 3 is 2.85 bits per heavy atom. The van der Waals surface area contributed by atoms with Gasteiger partial charge in [-0.1, -0.05) is 0 Å². The third-order valence-electron chi connectivity index (χ3n) is 2.06. The van der Waals surface area contributed by atoms with Gasteiger partial charge in [0.1, 0.15) is 6.04 Å². The summed E-state index contributed by atoms with van der Waals surface area (Å²) < 4.78 is 6.58. The molecule has 0 N–H and O–H groups in total. The first kappa shape index (κ1) is 8.18. The standard InChI is InChI=1S/C7H9N3O3/c1-5-2-9(6-3-13-4-6)8-7(5)10(11)12/h2,6H,3-4H2,1H3. The van der Waals surface area contributed by atoms with E-state index < -0.39 is 4.92 Å². The van der Waals surface area contributed by atoms with Crippen LogP contribution in [0, 0.1) is 17.0 Å². The number of hydrogen-bond acceptors (Lipinski definition) is 4. The van der Waals surface area contributed by atoms with Crippen LogP contribution in [-0.4, -0.2) is 27.9 Å². The molecule has 1 aliphatic heterocycles. The van der Waals surface area contributed by atoms with E-state index >= 15 is 0 Å². The molecule has 1 aliphatic rings. The highest BCUT2D eigenvalue weighted by atomic mass is 16.6. The summed E-state index contributed by atoms with van der Waals surface area (Å²) in [7, 11) is 0. The van der Waals surface area contributed by atoms with Crippen LogP contribution in [0.4, 0.5) is 5.82 Å². The van der Waals surface area contributed by atoms with Gasteiger partial charge in [-0.3, -0.25) is 0 Å². The number of nitrogens with zero attached hydrogens (tertiary/aromatic N) is 3. The van der Waals surface area contributed by atoms with Crippen LogP contribution in [0.25, 0.3) is 0 Å². The van der Waals surface area contributed by atoms with Crippen LogP contribution in [0.3, 0.4) is 0 Å². The van der Waals surface area contributed by atoms with Gasteiger partial charge in [0.2, 0.25) is 0 Å². The van der Waals surface area contributed by atoms with Crippen molar-refractivity contribution in [3.63, 3.8) is 0 Å². The van der Waals surface area contributed by atoms with Gasteiger partial charge in [0.25, 0.3) is 0 Å². The lowest BCUT2D eigenvalue weighted by molar-refractivity contribution is -0.390. The van der Waals surface area contributed by atoms with Gasteiger partial charge in [0.15, 0.2) is 0 Å². The fourth-order valence-electron chi connectivity index (χ4n) is 1.22. The molecule has 0 aliphatic carbocycles. The molecule has 1 fully saturated rings. The Hall–Kier alpha value is -1.43. The summed E-state index contributed by atoms with van der Waals surface area (Å²) in [5.74, 6) is -0.0631. The van der Waals surface area contributed by atoms with Crippen LogP contribution >= 0.6 is 0 Å². The smallest absolute Gasteiger partial charge is 0.377 e. The van der Waals surface area contributed by atoms with Gasteiger partial charge >= 0.3 is 5.82 Å². The highest BCUT2D eigenvalue weighted by molar-refractivity contribution is 5.28. The molecule has 6 nitrogen and oxygen atoms in total. The molecule has 0 amide bonds. The first-order chi connectivity index (χ1) is 6.18. The quantitative estimate of drug-likeness (QED) is 0.499. The molecule has 2 rings (SSSR count). The molecule has 0 spiro atoms. The van der Waals surface area contributed by atoms with Crippen molar-refractivity contribution in [2.24, 2.45) is 0 Å². The lowest BCUT2D eigenvalue weighted by Crippen LogP contribution is -2.30. The van der Waals surface area contributed by atoms with Crippen LogP contribution in [0.15, 0.2) is 6.20 Å². The van der Waals surface area contributed by atoms with Crippen molar-refractivity contribution in [2.75, 3.05) is 13.2 Å². The van der Waals surface area contributed by atoms with Gasteiger partial charge in [-0.05, 0) is 11.8 Å². The predicted molar refractivity (Wildman–Crippen MR) is 43.5 cm³/mol. The van der Waals surface area contributed by atoms with E-state index in [1.807, 2.05) is 0 Å². The van der Waals surface area contributed by atoms with Crippen molar-refractivity contribution >= 4 is 5.82 Å². The van der Waals surface area contributed by atoms with E-state index in [0.29, 0.717) is 18.8 Å². The molecule has 0 atom stereocenters. The zero-order valence-corrected chi connectivity index (χ0v) is 7.14. The summed E-state index contributed by atoms with van der Waals surface area (Å²) in [5.41, 5.74) is 0.594. The third-order valence-corrected chi connectivity index (χ3v) is 2.06. The van der Waals surface area contributed by atoms with Crippen LogP contribution in [0.5, 0.6) is 0 Å². The van der Waals surface area contributed by atoms with Crippen molar-refractivity contribution in [3.05, 3.63) is 21.9 Å². The second kappa shape index (κ2) is 2.81. The molecule has 0 unspecified atom stereocenters. The zero-order chi connectivity index (χ0) is 9.42. The Kier molecular flexibility index (Phi) is 1.77. The maximum absolute atomic E-state index is 10.5. The molecule has 0 aromatic carbocycles. The fourth-order valence-corrected chi connectivity index (χ4v) is 1.22. The summed E-state index contributed by atoms with van der Waals surface area (Å²) in [6.07, 6.45) is 1.69. The van der Waals surface area contributed by atoms with Crippen molar-refractivity contribution in [1.82, 2.24) is 9.78 Å². The summed E-state index contributed by atoms with van der Waals surface area (Å²) in [4.78, 5) is 10.00. The monoisotopic (exact) mass is 183 g/mol. The van der Waals surface area contributed by atoms with Crippen molar-refractivity contribution in [2.45, 2.75) is 13.0 Å². The number of rotatable bonds is 2. The molecular weight excluding hydrogens is 174 g/mol. The fraction of sp³-hybridized carbons (Fsp3) is 0.571. The first-order valence-electron chi connectivity index (χ1n) is 3.96. The van der Waals surface area contributed by atoms with Crippen molar-refractivity contribution in [1.29, 1.82) is 0 Å². The van der Waals surface area contributed by atoms with E-state index in [-0.39, 0.29) is 11.9 Å².